The molecule has 7 nitrogen and oxygen atoms in total. The number of hydrogen-bond acceptors (Lipinski definition) is 7. The van der Waals surface area contributed by atoms with Crippen molar-refractivity contribution in [1.82, 2.24) is 0 Å². The molecule has 0 N–H and O–H groups in total. The third-order valence-electron chi connectivity index (χ3n) is 36.3. The fourth-order valence-electron chi connectivity index (χ4n) is 30.8. The minimum Gasteiger partial charge on any atom is -0.497 e. The van der Waals surface area contributed by atoms with Gasteiger partial charge in [0, 0.05) is 174 Å². The summed E-state index contributed by atoms with van der Waals surface area (Å²) in [7, 11) is 1.39. The number of likely N-dealkylation sites (N-methyl/N-ethyl adjacent to an activating group) is 2. The van der Waals surface area contributed by atoms with Gasteiger partial charge in [0.25, 0.3) is 0 Å². The van der Waals surface area contributed by atoms with Crippen molar-refractivity contribution < 1.29 is 4.74 Å². The molecule has 6 fully saturated rings. The van der Waals surface area contributed by atoms with Crippen LogP contribution in [0.1, 0.15) is 174 Å². The smallest absolute Gasteiger partial charge is 0.147 e. The summed E-state index contributed by atoms with van der Waals surface area (Å²) in [4.78, 5) is 13.4. The summed E-state index contributed by atoms with van der Waals surface area (Å²) in [5.74, 6) is 17.6. The fourth-order valence-corrected chi connectivity index (χ4v) is 37.2. The van der Waals surface area contributed by atoms with Crippen LogP contribution in [-0.2, 0) is 10.8 Å². The van der Waals surface area contributed by atoms with Crippen LogP contribution in [0.25, 0.3) is 0 Å². The number of ether oxygens (including phenoxy) is 1. The van der Waals surface area contributed by atoms with Gasteiger partial charge in [-0.3, -0.25) is 0 Å². The fraction of sp³-hybridized carbons (Fsp3) is 0.516. The molecule has 0 bridgehead atoms. The van der Waals surface area contributed by atoms with Gasteiger partial charge in [0.2, 0.25) is 0 Å². The second kappa shape index (κ2) is 35.8. The van der Waals surface area contributed by atoms with Crippen molar-refractivity contribution in [3.63, 3.8) is 0 Å². The van der Waals surface area contributed by atoms with Crippen molar-refractivity contribution in [2.45, 2.75) is 258 Å². The standard InChI is InChI=1S/C23H33NSi.C21H29NOSi.C21H29NSi.C21H27N.C20H27NSi.C18H21N/c1-15-17-10-8-9-11-18(17)22-21(15)19-14-16(23(2,3)4)12-13-20(19)24(22)25(5,6)7;1-14-16-8-6-7-9-17(16)21-20(14)18-12-15(23-2)10-11-19(18)22(21)13-24(3,4)5;1-14-10-11-19-18(12-14)20-15(2)16-8-6-7-9-17(16)21(20)22(19)13-23(3,4)5;1-13-15-8-6-7-9-16(15)20-19(13)17-12-14(21(2,3)4)10-11-18(17)22(20)5;1-14-15-9-5-6-10-16(15)20-19(14)17-11-7-8-12-18(17)21(20)13-22(2,3)4;1-11-8-9-16-15(10-11)17-12(2)13-6-4-5-7-14(13)18(17)19(16)3/h8-15,17-18,21-22H,1-7H3;6-12,14,16-17,20-21H,13H2,1-5H3;6-12,15-17,20-21H,13H2,1-5H3;6-13,15-16,19-20H,1-5H3;5-12,14-16,19-20H,13H2,1-4H3;4-10,12-14,17-18H,1-3H3. The third-order valence-corrected chi connectivity index (χ3v) is 42.2. The molecule has 714 valence electrons. The van der Waals surface area contributed by atoms with E-state index in [1.54, 1.807) is 34.9 Å². The normalized spacial score (nSPS) is 34.9. The van der Waals surface area contributed by atoms with Gasteiger partial charge < -0.3 is 33.8 Å². The maximum Gasteiger partial charge on any atom is 0.147 e. The van der Waals surface area contributed by atoms with E-state index in [0.29, 0.717) is 143 Å². The van der Waals surface area contributed by atoms with Crippen molar-refractivity contribution in [1.29, 1.82) is 0 Å². The predicted octanol–water partition coefficient (Wildman–Crippen LogP) is 29.7. The summed E-state index contributed by atoms with van der Waals surface area (Å²) >= 11 is 0. The molecule has 6 heterocycles. The van der Waals surface area contributed by atoms with Gasteiger partial charge in [-0.05, 0) is 189 Å². The Kier molecular flexibility index (Phi) is 25.3. The number of methoxy groups -OCH3 is 1. The lowest BCUT2D eigenvalue weighted by Gasteiger charge is -2.41. The Morgan fingerprint density at radius 2 is 0.533 bits per heavy atom. The van der Waals surface area contributed by atoms with E-state index in [1.807, 2.05) is 0 Å². The Morgan fingerprint density at radius 3 is 0.881 bits per heavy atom. The molecule has 6 aromatic carbocycles. The molecule has 11 heteroatoms. The molecule has 0 aromatic heterocycles. The van der Waals surface area contributed by atoms with Crippen LogP contribution >= 0.6 is 0 Å². The zero-order chi connectivity index (χ0) is 95.8. The van der Waals surface area contributed by atoms with Crippen LogP contribution < -0.4 is 33.8 Å². The van der Waals surface area contributed by atoms with E-state index in [0.717, 1.165) is 41.3 Å². The number of nitrogens with zero attached hydrogens (tertiary/aromatic N) is 6. The quantitative estimate of drug-likeness (QED) is 0.140. The van der Waals surface area contributed by atoms with Crippen molar-refractivity contribution in [3.8, 4) is 5.75 Å². The molecular formula is C124H166N6OSi4. The number of anilines is 6. The molecule has 12 aliphatic carbocycles. The van der Waals surface area contributed by atoms with Crippen LogP contribution in [0.3, 0.4) is 0 Å². The van der Waals surface area contributed by atoms with E-state index >= 15 is 0 Å². The van der Waals surface area contributed by atoms with Crippen LogP contribution in [0.5, 0.6) is 5.75 Å². The van der Waals surface area contributed by atoms with Gasteiger partial charge in [-0.1, -0.05) is 385 Å². The predicted molar refractivity (Wildman–Crippen MR) is 593 cm³/mol. The van der Waals surface area contributed by atoms with Gasteiger partial charge in [0.15, 0.2) is 0 Å². The third kappa shape index (κ3) is 17.0. The molecule has 18 aliphatic rings. The molecule has 0 amide bonds. The SMILES string of the molecule is CC1C2C=CC=CC2C2C1c1cc(C(C)(C)C)ccc1N2C.CC1C2C=CC=CC2C2C1c1cc(C(C)(C)C)ccc1N2[Si](C)(C)C.CC1C2C=CC=CC2C2C1c1ccccc1N2C[Si](C)(C)C.COc1ccc2c(c1)C1C(C)C3C=CC=CC3C1N2C[Si](C)(C)C.Cc1ccc2c(c1)C1C(C)C3C=CC=CC3C1N2C.Cc1ccc2c(c1)C1C(C)C3C=CC=CC3C1N2C[Si](C)(C)C. The van der Waals surface area contributed by atoms with Gasteiger partial charge in [0.05, 0.1) is 31.3 Å². The molecule has 6 aliphatic heterocycles. The molecule has 24 rings (SSSR count). The Bertz CT molecular complexity index is 5840. The lowest BCUT2D eigenvalue weighted by Crippen LogP contribution is -2.52. The molecule has 0 spiro atoms. The van der Waals surface area contributed by atoms with Crippen LogP contribution in [0.4, 0.5) is 34.1 Å². The lowest BCUT2D eigenvalue weighted by molar-refractivity contribution is 0.411. The summed E-state index contributed by atoms with van der Waals surface area (Å²) in [5.41, 5.74) is 24.7. The zero-order valence-corrected chi connectivity index (χ0v) is 91.9. The number of hydrogen-bond donors (Lipinski definition) is 0. The van der Waals surface area contributed by atoms with E-state index in [-0.39, 0.29) is 10.8 Å². The van der Waals surface area contributed by atoms with E-state index in [1.165, 1.54) is 80.4 Å². The minimum absolute atomic E-state index is 0.214. The van der Waals surface area contributed by atoms with Gasteiger partial charge >= 0.3 is 0 Å². The largest absolute Gasteiger partial charge is 0.497 e. The number of para-hydroxylation sites is 1. The van der Waals surface area contributed by atoms with Crippen molar-refractivity contribution in [2.24, 2.45) is 107 Å². The highest BCUT2D eigenvalue weighted by atomic mass is 28.3. The molecule has 30 unspecified atom stereocenters. The number of benzene rings is 6. The topological polar surface area (TPSA) is 28.7 Å². The van der Waals surface area contributed by atoms with E-state index in [9.17, 15) is 0 Å². The number of rotatable bonds is 8. The second-order valence-corrected chi connectivity index (χ2v) is 72.9. The van der Waals surface area contributed by atoms with Crippen LogP contribution in [0.15, 0.2) is 261 Å². The summed E-state index contributed by atoms with van der Waals surface area (Å²) in [5, 5.41) is 0. The summed E-state index contributed by atoms with van der Waals surface area (Å²) in [6.45, 7) is 63.2. The number of aryl methyl sites for hydroxylation is 2. The molecule has 30 atom stereocenters. The Balaban J connectivity index is 0.000000104. The highest BCUT2D eigenvalue weighted by Gasteiger charge is 2.62. The molecule has 0 saturated heterocycles. The van der Waals surface area contributed by atoms with Crippen LogP contribution in [0.2, 0.25) is 78.6 Å². The molecular weight excluding hydrogens is 1700 g/mol. The second-order valence-electron chi connectivity index (χ2n) is 51.8. The Morgan fingerprint density at radius 1 is 0.274 bits per heavy atom. The van der Waals surface area contributed by atoms with Gasteiger partial charge in [-0.2, -0.15) is 0 Å². The monoisotopic (exact) mass is 1870 g/mol. The first-order valence-corrected chi connectivity index (χ1v) is 67.4. The van der Waals surface area contributed by atoms with E-state index in [4.69, 9.17) is 4.74 Å². The van der Waals surface area contributed by atoms with Crippen LogP contribution in [-0.4, -0.2) is 108 Å². The van der Waals surface area contributed by atoms with Crippen LogP contribution in [0, 0.1) is 120 Å². The summed E-state index contributed by atoms with van der Waals surface area (Å²) in [6, 6.07) is 48.5. The lowest BCUT2D eigenvalue weighted by atomic mass is 9.81. The molecule has 0 radical (unpaired) electrons. The average molecular weight is 1870 g/mol. The van der Waals surface area contributed by atoms with Crippen molar-refractivity contribution in [2.75, 3.05) is 68.8 Å². The average Bonchev–Trinajstić information content (AvgIpc) is 1.60. The Hall–Kier alpha value is -8.33. The first kappa shape index (κ1) is 95.6. The van der Waals surface area contributed by atoms with E-state index in [2.05, 4.69) is 480 Å². The van der Waals surface area contributed by atoms with E-state index < -0.39 is 32.5 Å². The Labute approximate surface area is 821 Å². The molecule has 6 aromatic rings. The highest BCUT2D eigenvalue weighted by molar-refractivity contribution is 6.80. The molecule has 135 heavy (non-hydrogen) atoms. The van der Waals surface area contributed by atoms with Crippen molar-refractivity contribution >= 4 is 66.6 Å². The maximum atomic E-state index is 5.54. The van der Waals surface area contributed by atoms with Crippen molar-refractivity contribution in [3.05, 3.63) is 317 Å². The maximum absolute atomic E-state index is 5.54. The first-order chi connectivity index (χ1) is 63.9. The minimum atomic E-state index is -1.46. The summed E-state index contributed by atoms with van der Waals surface area (Å²) in [6.07, 6.45) is 60.4. The van der Waals surface area contributed by atoms with Gasteiger partial charge in [0.1, 0.15) is 14.0 Å². The van der Waals surface area contributed by atoms with Gasteiger partial charge in [-0.25, -0.2) is 0 Å². The zero-order valence-electron chi connectivity index (χ0n) is 87.9. The molecule has 6 saturated carbocycles. The highest BCUT2D eigenvalue weighted by Crippen LogP contribution is 2.66. The number of fused-ring (bicyclic) bond motifs is 30. The van der Waals surface area contributed by atoms with Gasteiger partial charge in [-0.15, -0.1) is 0 Å². The summed E-state index contributed by atoms with van der Waals surface area (Å²) < 4.78 is 8.42. The first-order valence-electron chi connectivity index (χ1n) is 52.8. The number of allylic oxidation sites excluding steroid dienone is 18.